The van der Waals surface area contributed by atoms with Gasteiger partial charge < -0.3 is 10.1 Å². The number of hydrogen-bond acceptors (Lipinski definition) is 2. The van der Waals surface area contributed by atoms with E-state index >= 15 is 0 Å². The lowest BCUT2D eigenvalue weighted by Gasteiger charge is -2.29. The average Bonchev–Trinajstić information content (AvgIpc) is 2.46. The maximum Gasteiger partial charge on any atom is 0.119 e. The Morgan fingerprint density at radius 3 is 2.76 bits per heavy atom. The van der Waals surface area contributed by atoms with Gasteiger partial charge in [-0.1, -0.05) is 32.8 Å². The van der Waals surface area contributed by atoms with Gasteiger partial charge in [-0.3, -0.25) is 0 Å². The summed E-state index contributed by atoms with van der Waals surface area (Å²) in [5.41, 5.74) is 2.95. The number of rotatable bonds is 7. The van der Waals surface area contributed by atoms with Gasteiger partial charge in [-0.15, -0.1) is 0 Å². The van der Waals surface area contributed by atoms with E-state index in [2.05, 4.69) is 44.3 Å². The third-order valence-corrected chi connectivity index (χ3v) is 4.57. The zero-order valence-corrected chi connectivity index (χ0v) is 14.1. The number of aryl methyl sites for hydroxylation is 1. The lowest BCUT2D eigenvalue weighted by Crippen LogP contribution is -2.32. The smallest absolute Gasteiger partial charge is 0.119 e. The van der Waals surface area contributed by atoms with E-state index in [4.69, 9.17) is 4.74 Å². The maximum absolute atomic E-state index is 5.35. The quantitative estimate of drug-likeness (QED) is 0.772. The van der Waals surface area contributed by atoms with Crippen LogP contribution >= 0.6 is 0 Å². The number of fused-ring (bicyclic) bond motifs is 1. The van der Waals surface area contributed by atoms with Gasteiger partial charge in [0.05, 0.1) is 7.11 Å². The molecule has 2 rings (SSSR count). The monoisotopic (exact) mass is 289 g/mol. The average molecular weight is 289 g/mol. The number of benzene rings is 1. The summed E-state index contributed by atoms with van der Waals surface area (Å²) in [5.74, 6) is 1.81. The van der Waals surface area contributed by atoms with Crippen LogP contribution in [0.25, 0.3) is 0 Å². The first kappa shape index (κ1) is 16.4. The molecule has 0 fully saturated rings. The Bertz CT molecular complexity index is 441. The fraction of sp³-hybridized carbons (Fsp3) is 0.684. The fourth-order valence-electron chi connectivity index (χ4n) is 3.35. The summed E-state index contributed by atoms with van der Waals surface area (Å²) in [6.07, 6.45) is 7.66. The van der Waals surface area contributed by atoms with Crippen molar-refractivity contribution in [3.05, 3.63) is 29.3 Å². The summed E-state index contributed by atoms with van der Waals surface area (Å²) in [6, 6.07) is 7.69. The Hall–Kier alpha value is -1.02. The van der Waals surface area contributed by atoms with E-state index in [1.54, 1.807) is 7.11 Å². The molecular weight excluding hydrogens is 258 g/mol. The second kappa shape index (κ2) is 7.84. The molecule has 0 saturated heterocycles. The molecule has 2 atom stereocenters. The first-order valence-electron chi connectivity index (χ1n) is 8.53. The van der Waals surface area contributed by atoms with Gasteiger partial charge in [0.15, 0.2) is 0 Å². The molecule has 1 aromatic rings. The van der Waals surface area contributed by atoms with Crippen LogP contribution < -0.4 is 10.1 Å². The molecule has 0 saturated carbocycles. The van der Waals surface area contributed by atoms with Crippen LogP contribution in [0, 0.1) is 5.92 Å². The number of methoxy groups -OCH3 is 1. The predicted molar refractivity (Wildman–Crippen MR) is 90.0 cm³/mol. The van der Waals surface area contributed by atoms with Crippen LogP contribution in [-0.4, -0.2) is 13.2 Å². The van der Waals surface area contributed by atoms with E-state index in [0.717, 1.165) is 11.7 Å². The highest BCUT2D eigenvalue weighted by molar-refractivity contribution is 5.39. The molecule has 1 N–H and O–H groups in total. The van der Waals surface area contributed by atoms with Crippen molar-refractivity contribution in [2.24, 2.45) is 5.92 Å². The molecule has 0 aromatic heterocycles. The van der Waals surface area contributed by atoms with E-state index in [1.165, 1.54) is 49.7 Å². The molecule has 0 heterocycles. The molecule has 1 aromatic carbocycles. The number of ether oxygens (including phenoxy) is 1. The molecule has 21 heavy (non-hydrogen) atoms. The van der Waals surface area contributed by atoms with Crippen molar-refractivity contribution in [2.45, 2.75) is 71.4 Å². The first-order valence-corrected chi connectivity index (χ1v) is 8.53. The fourth-order valence-corrected chi connectivity index (χ4v) is 3.35. The lowest BCUT2D eigenvalue weighted by atomic mass is 9.87. The van der Waals surface area contributed by atoms with Gasteiger partial charge >= 0.3 is 0 Å². The van der Waals surface area contributed by atoms with Crippen molar-refractivity contribution >= 4 is 0 Å². The van der Waals surface area contributed by atoms with Gasteiger partial charge in [-0.05, 0) is 61.8 Å². The first-order chi connectivity index (χ1) is 10.1. The molecule has 0 aliphatic heterocycles. The van der Waals surface area contributed by atoms with Crippen LogP contribution in [0.3, 0.4) is 0 Å². The molecule has 0 spiro atoms. The second-order valence-corrected chi connectivity index (χ2v) is 6.90. The second-order valence-electron chi connectivity index (χ2n) is 6.90. The molecule has 2 nitrogen and oxygen atoms in total. The summed E-state index contributed by atoms with van der Waals surface area (Å²) in [4.78, 5) is 0. The Morgan fingerprint density at radius 1 is 1.24 bits per heavy atom. The van der Waals surface area contributed by atoms with Crippen molar-refractivity contribution in [3.63, 3.8) is 0 Å². The molecule has 118 valence electrons. The van der Waals surface area contributed by atoms with E-state index in [9.17, 15) is 0 Å². The Balaban J connectivity index is 1.93. The van der Waals surface area contributed by atoms with Crippen LogP contribution in [0.15, 0.2) is 18.2 Å². The van der Waals surface area contributed by atoms with E-state index in [-0.39, 0.29) is 0 Å². The van der Waals surface area contributed by atoms with Crippen molar-refractivity contribution in [1.29, 1.82) is 0 Å². The Kier molecular flexibility index (Phi) is 6.10. The Morgan fingerprint density at radius 2 is 2.05 bits per heavy atom. The lowest BCUT2D eigenvalue weighted by molar-refractivity contribution is 0.377. The van der Waals surface area contributed by atoms with E-state index in [1.807, 2.05) is 0 Å². The molecule has 0 amide bonds. The highest BCUT2D eigenvalue weighted by Crippen LogP contribution is 2.32. The van der Waals surface area contributed by atoms with Crippen LogP contribution in [-0.2, 0) is 6.42 Å². The van der Waals surface area contributed by atoms with E-state index < -0.39 is 0 Å². The van der Waals surface area contributed by atoms with Crippen LogP contribution in [0.4, 0.5) is 0 Å². The van der Waals surface area contributed by atoms with Gasteiger partial charge in [-0.25, -0.2) is 0 Å². The van der Waals surface area contributed by atoms with Crippen LogP contribution in [0.1, 0.15) is 70.0 Å². The summed E-state index contributed by atoms with van der Waals surface area (Å²) in [5, 5.41) is 3.85. The molecule has 2 unspecified atom stereocenters. The third kappa shape index (κ3) is 4.74. The maximum atomic E-state index is 5.35. The van der Waals surface area contributed by atoms with Crippen molar-refractivity contribution in [2.75, 3.05) is 7.11 Å². The number of nitrogens with one attached hydrogen (secondary N) is 1. The largest absolute Gasteiger partial charge is 0.497 e. The summed E-state index contributed by atoms with van der Waals surface area (Å²) < 4.78 is 5.35. The predicted octanol–water partition coefficient (Wildman–Crippen LogP) is 4.88. The molecular formula is C19H31NO. The Labute approximate surface area is 130 Å². The minimum atomic E-state index is 0.522. The van der Waals surface area contributed by atoms with Gasteiger partial charge in [-0.2, -0.15) is 0 Å². The zero-order valence-electron chi connectivity index (χ0n) is 14.1. The van der Waals surface area contributed by atoms with Gasteiger partial charge in [0.1, 0.15) is 5.75 Å². The SMILES string of the molecule is COc1ccc2c(c1)CCCC2NC(C)CCCC(C)C. The van der Waals surface area contributed by atoms with E-state index in [0.29, 0.717) is 12.1 Å². The van der Waals surface area contributed by atoms with Gasteiger partial charge in [0.25, 0.3) is 0 Å². The summed E-state index contributed by atoms with van der Waals surface area (Å²) >= 11 is 0. The topological polar surface area (TPSA) is 21.3 Å². The molecule has 1 aliphatic rings. The highest BCUT2D eigenvalue weighted by atomic mass is 16.5. The molecule has 0 radical (unpaired) electrons. The van der Waals surface area contributed by atoms with Crippen molar-refractivity contribution in [3.8, 4) is 5.75 Å². The van der Waals surface area contributed by atoms with Gasteiger partial charge in [0.2, 0.25) is 0 Å². The zero-order chi connectivity index (χ0) is 15.2. The van der Waals surface area contributed by atoms with Crippen LogP contribution in [0.2, 0.25) is 0 Å². The molecule has 2 heteroatoms. The summed E-state index contributed by atoms with van der Waals surface area (Å²) in [6.45, 7) is 6.95. The highest BCUT2D eigenvalue weighted by Gasteiger charge is 2.21. The summed E-state index contributed by atoms with van der Waals surface area (Å²) in [7, 11) is 1.75. The standard InChI is InChI=1S/C19H31NO/c1-14(2)7-5-8-15(3)20-19-10-6-9-16-13-17(21-4)11-12-18(16)19/h11-15,19-20H,5-10H2,1-4H3. The third-order valence-electron chi connectivity index (χ3n) is 4.57. The molecule has 0 bridgehead atoms. The van der Waals surface area contributed by atoms with Crippen LogP contribution in [0.5, 0.6) is 5.75 Å². The molecule has 1 aliphatic carbocycles. The van der Waals surface area contributed by atoms with Crippen molar-refractivity contribution in [1.82, 2.24) is 5.32 Å². The normalized spacial score (nSPS) is 19.4. The minimum Gasteiger partial charge on any atom is -0.497 e. The van der Waals surface area contributed by atoms with Crippen molar-refractivity contribution < 1.29 is 4.74 Å². The van der Waals surface area contributed by atoms with Gasteiger partial charge in [0, 0.05) is 12.1 Å². The minimum absolute atomic E-state index is 0.522. The number of hydrogen-bond donors (Lipinski definition) is 1.